The van der Waals surface area contributed by atoms with E-state index in [0.717, 1.165) is 11.1 Å². The van der Waals surface area contributed by atoms with Crippen molar-refractivity contribution >= 4 is 11.8 Å². The van der Waals surface area contributed by atoms with Crippen LogP contribution < -0.4 is 0 Å². The molecule has 20 heavy (non-hydrogen) atoms. The molecule has 100 valence electrons. The summed E-state index contributed by atoms with van der Waals surface area (Å²) in [5, 5.41) is 0. The molecule has 2 amide bonds. The van der Waals surface area contributed by atoms with E-state index in [0.29, 0.717) is 6.54 Å². The second-order valence-corrected chi connectivity index (χ2v) is 4.97. The van der Waals surface area contributed by atoms with Crippen LogP contribution in [-0.2, 0) is 16.1 Å². The highest BCUT2D eigenvalue weighted by Crippen LogP contribution is 2.30. The average molecular weight is 265 g/mol. The molecule has 0 saturated carbocycles. The van der Waals surface area contributed by atoms with Crippen molar-refractivity contribution in [3.63, 3.8) is 0 Å². The van der Waals surface area contributed by atoms with Crippen molar-refractivity contribution in [3.8, 4) is 0 Å². The van der Waals surface area contributed by atoms with Gasteiger partial charge >= 0.3 is 0 Å². The summed E-state index contributed by atoms with van der Waals surface area (Å²) in [6, 6.07) is 19.1. The number of carbonyl (C=O) groups is 2. The summed E-state index contributed by atoms with van der Waals surface area (Å²) in [5.41, 5.74) is 1.89. The Bertz CT molecular complexity index is 622. The van der Waals surface area contributed by atoms with Gasteiger partial charge < -0.3 is 0 Å². The SMILES string of the molecule is O=C1CC(c2ccccc2)C(=O)N1Cc1ccccc1. The number of likely N-dealkylation sites (tertiary alicyclic amines) is 1. The van der Waals surface area contributed by atoms with Crippen LogP contribution in [0.4, 0.5) is 0 Å². The second kappa shape index (κ2) is 5.29. The number of benzene rings is 2. The third-order valence-corrected chi connectivity index (χ3v) is 3.63. The maximum Gasteiger partial charge on any atom is 0.237 e. The summed E-state index contributed by atoms with van der Waals surface area (Å²) in [6.07, 6.45) is 0.273. The Kier molecular flexibility index (Phi) is 3.33. The third-order valence-electron chi connectivity index (χ3n) is 3.63. The minimum Gasteiger partial charge on any atom is -0.278 e. The van der Waals surface area contributed by atoms with Gasteiger partial charge in [0.15, 0.2) is 0 Å². The van der Waals surface area contributed by atoms with Crippen molar-refractivity contribution in [2.24, 2.45) is 0 Å². The normalized spacial score (nSPS) is 18.6. The first-order valence-corrected chi connectivity index (χ1v) is 6.69. The monoisotopic (exact) mass is 265 g/mol. The van der Waals surface area contributed by atoms with Gasteiger partial charge in [-0.2, -0.15) is 0 Å². The molecule has 1 atom stereocenters. The van der Waals surface area contributed by atoms with Gasteiger partial charge in [-0.25, -0.2) is 0 Å². The van der Waals surface area contributed by atoms with Crippen LogP contribution in [0, 0.1) is 0 Å². The molecule has 0 radical (unpaired) electrons. The summed E-state index contributed by atoms with van der Waals surface area (Å²) in [6.45, 7) is 0.363. The molecule has 0 aromatic heterocycles. The summed E-state index contributed by atoms with van der Waals surface area (Å²) >= 11 is 0. The van der Waals surface area contributed by atoms with Crippen LogP contribution in [-0.4, -0.2) is 16.7 Å². The van der Waals surface area contributed by atoms with Crippen LogP contribution in [0.15, 0.2) is 60.7 Å². The van der Waals surface area contributed by atoms with Gasteiger partial charge in [0.2, 0.25) is 11.8 Å². The van der Waals surface area contributed by atoms with Gasteiger partial charge in [0.1, 0.15) is 0 Å². The zero-order valence-corrected chi connectivity index (χ0v) is 11.0. The van der Waals surface area contributed by atoms with Gasteiger partial charge in [-0.1, -0.05) is 60.7 Å². The molecule has 3 heteroatoms. The van der Waals surface area contributed by atoms with E-state index in [4.69, 9.17) is 0 Å². The van der Waals surface area contributed by atoms with Gasteiger partial charge in [0, 0.05) is 6.42 Å². The summed E-state index contributed by atoms with van der Waals surface area (Å²) < 4.78 is 0. The van der Waals surface area contributed by atoms with Crippen LogP contribution in [0.5, 0.6) is 0 Å². The molecule has 1 fully saturated rings. The number of amides is 2. The lowest BCUT2D eigenvalue weighted by atomic mass is 9.98. The molecule has 2 aromatic carbocycles. The summed E-state index contributed by atoms with van der Waals surface area (Å²) in [5.74, 6) is -0.509. The molecule has 1 aliphatic rings. The van der Waals surface area contributed by atoms with E-state index in [-0.39, 0.29) is 24.2 Å². The smallest absolute Gasteiger partial charge is 0.237 e. The van der Waals surface area contributed by atoms with E-state index < -0.39 is 0 Å². The molecule has 1 aliphatic heterocycles. The Hall–Kier alpha value is -2.42. The van der Waals surface area contributed by atoms with Crippen molar-refractivity contribution in [2.45, 2.75) is 18.9 Å². The standard InChI is InChI=1S/C17H15NO2/c19-16-11-15(14-9-5-2-6-10-14)17(20)18(16)12-13-7-3-1-4-8-13/h1-10,15H,11-12H2. The predicted octanol–water partition coefficient (Wildman–Crippen LogP) is 2.73. The van der Waals surface area contributed by atoms with E-state index in [1.54, 1.807) is 0 Å². The molecule has 3 rings (SSSR count). The van der Waals surface area contributed by atoms with Crippen molar-refractivity contribution in [3.05, 3.63) is 71.8 Å². The number of nitrogens with zero attached hydrogens (tertiary/aromatic N) is 1. The highest BCUT2D eigenvalue weighted by molar-refractivity contribution is 6.06. The first-order valence-electron chi connectivity index (χ1n) is 6.69. The maximum absolute atomic E-state index is 12.4. The molecular weight excluding hydrogens is 250 g/mol. The molecule has 2 aromatic rings. The number of rotatable bonds is 3. The highest BCUT2D eigenvalue weighted by atomic mass is 16.2. The summed E-state index contributed by atoms with van der Waals surface area (Å²) in [4.78, 5) is 25.9. The molecule has 0 bridgehead atoms. The van der Waals surface area contributed by atoms with Crippen LogP contribution in [0.2, 0.25) is 0 Å². The Labute approximate surface area is 117 Å². The van der Waals surface area contributed by atoms with Gasteiger partial charge in [-0.05, 0) is 11.1 Å². The fourth-order valence-electron chi connectivity index (χ4n) is 2.56. The Morgan fingerprint density at radius 1 is 0.900 bits per heavy atom. The van der Waals surface area contributed by atoms with Crippen molar-refractivity contribution < 1.29 is 9.59 Å². The summed E-state index contributed by atoms with van der Waals surface area (Å²) in [7, 11) is 0. The van der Waals surface area contributed by atoms with Crippen molar-refractivity contribution in [1.82, 2.24) is 4.90 Å². The maximum atomic E-state index is 12.4. The molecule has 0 aliphatic carbocycles. The largest absolute Gasteiger partial charge is 0.278 e. The minimum absolute atomic E-state index is 0.0901. The lowest BCUT2D eigenvalue weighted by Gasteiger charge is -2.15. The zero-order valence-electron chi connectivity index (χ0n) is 11.0. The number of hydrogen-bond acceptors (Lipinski definition) is 2. The molecular formula is C17H15NO2. The molecule has 1 heterocycles. The number of imide groups is 1. The van der Waals surface area contributed by atoms with Gasteiger partial charge in [-0.15, -0.1) is 0 Å². The first kappa shape index (κ1) is 12.6. The van der Waals surface area contributed by atoms with E-state index in [1.165, 1.54) is 4.90 Å². The topological polar surface area (TPSA) is 37.4 Å². The molecule has 0 N–H and O–H groups in total. The molecule has 1 saturated heterocycles. The lowest BCUT2D eigenvalue weighted by Crippen LogP contribution is -2.29. The van der Waals surface area contributed by atoms with E-state index >= 15 is 0 Å². The van der Waals surface area contributed by atoms with Gasteiger partial charge in [-0.3, -0.25) is 14.5 Å². The molecule has 3 nitrogen and oxygen atoms in total. The number of carbonyl (C=O) groups excluding carboxylic acids is 2. The lowest BCUT2D eigenvalue weighted by molar-refractivity contribution is -0.139. The minimum atomic E-state index is -0.326. The Balaban J connectivity index is 1.81. The fraction of sp³-hybridized carbons (Fsp3) is 0.176. The van der Waals surface area contributed by atoms with E-state index in [1.807, 2.05) is 60.7 Å². The van der Waals surface area contributed by atoms with E-state index in [9.17, 15) is 9.59 Å². The molecule has 0 spiro atoms. The molecule has 1 unspecified atom stereocenters. The predicted molar refractivity (Wildman–Crippen MR) is 75.8 cm³/mol. The third kappa shape index (κ3) is 2.35. The van der Waals surface area contributed by atoms with Crippen molar-refractivity contribution in [2.75, 3.05) is 0 Å². The van der Waals surface area contributed by atoms with Crippen LogP contribution in [0.1, 0.15) is 23.5 Å². The van der Waals surface area contributed by atoms with E-state index in [2.05, 4.69) is 0 Å². The first-order chi connectivity index (χ1) is 9.75. The van der Waals surface area contributed by atoms with Crippen molar-refractivity contribution in [1.29, 1.82) is 0 Å². The Morgan fingerprint density at radius 2 is 1.50 bits per heavy atom. The van der Waals surface area contributed by atoms with Gasteiger partial charge in [0.25, 0.3) is 0 Å². The zero-order chi connectivity index (χ0) is 13.9. The van der Waals surface area contributed by atoms with Gasteiger partial charge in [0.05, 0.1) is 12.5 Å². The fourth-order valence-corrected chi connectivity index (χ4v) is 2.56. The quantitative estimate of drug-likeness (QED) is 0.800. The number of hydrogen-bond donors (Lipinski definition) is 0. The van der Waals surface area contributed by atoms with Crippen LogP contribution >= 0.6 is 0 Å². The highest BCUT2D eigenvalue weighted by Gasteiger charge is 2.39. The average Bonchev–Trinajstić information content (AvgIpc) is 2.77. The van der Waals surface area contributed by atoms with Crippen LogP contribution in [0.25, 0.3) is 0 Å². The Morgan fingerprint density at radius 3 is 2.15 bits per heavy atom. The second-order valence-electron chi connectivity index (χ2n) is 4.97. The van der Waals surface area contributed by atoms with Crippen LogP contribution in [0.3, 0.4) is 0 Å².